The molecule has 5 heteroatoms. The van der Waals surface area contributed by atoms with Crippen LogP contribution in [0.3, 0.4) is 0 Å². The molecule has 0 aromatic heterocycles. The van der Waals surface area contributed by atoms with Gasteiger partial charge in [-0.15, -0.1) is 0 Å². The monoisotopic (exact) mass is 282 g/mol. The highest BCUT2D eigenvalue weighted by Gasteiger charge is 2.39. The lowest BCUT2D eigenvalue weighted by molar-refractivity contribution is -0.137. The van der Waals surface area contributed by atoms with Crippen LogP contribution in [0.5, 0.6) is 0 Å². The molecule has 0 heterocycles. The summed E-state index contributed by atoms with van der Waals surface area (Å²) in [5.41, 5.74) is 0. The van der Waals surface area contributed by atoms with E-state index >= 15 is 0 Å². The maximum absolute atomic E-state index is 11.9. The molecule has 2 bridgehead atoms. The number of carbonyl (C=O) groups is 2. The van der Waals surface area contributed by atoms with E-state index in [1.165, 1.54) is 25.7 Å². The third-order valence-electron chi connectivity index (χ3n) is 4.80. The van der Waals surface area contributed by atoms with E-state index in [2.05, 4.69) is 10.6 Å². The van der Waals surface area contributed by atoms with Gasteiger partial charge < -0.3 is 15.7 Å². The number of carbonyl (C=O) groups excluding carboxylic acids is 1. The van der Waals surface area contributed by atoms with E-state index in [1.807, 2.05) is 6.92 Å². The van der Waals surface area contributed by atoms with Crippen molar-refractivity contribution in [3.05, 3.63) is 0 Å². The maximum atomic E-state index is 11.9. The summed E-state index contributed by atoms with van der Waals surface area (Å²) in [5.74, 6) is 1.45. The Balaban J connectivity index is 1.69. The molecule has 2 aliphatic carbocycles. The molecule has 20 heavy (non-hydrogen) atoms. The molecule has 4 unspecified atom stereocenters. The minimum Gasteiger partial charge on any atom is -0.481 e. The lowest BCUT2D eigenvalue weighted by atomic mass is 9.89. The van der Waals surface area contributed by atoms with Gasteiger partial charge in [0.2, 0.25) is 0 Å². The standard InChI is InChI=1S/C15H26N2O3/c1-2-3-13(8-14(18)19)17-15(20)16-9-12-7-10-4-5-11(12)6-10/h10-13H,2-9H2,1H3,(H,18,19)(H2,16,17,20). The Morgan fingerprint density at radius 3 is 2.65 bits per heavy atom. The zero-order valence-corrected chi connectivity index (χ0v) is 12.2. The molecule has 0 aromatic rings. The normalized spacial score (nSPS) is 29.1. The smallest absolute Gasteiger partial charge is 0.315 e. The van der Waals surface area contributed by atoms with Gasteiger partial charge in [-0.3, -0.25) is 4.79 Å². The number of hydrogen-bond donors (Lipinski definition) is 3. The Kier molecular flexibility index (Phi) is 5.26. The maximum Gasteiger partial charge on any atom is 0.315 e. The Bertz CT molecular complexity index is 359. The molecule has 2 saturated carbocycles. The molecule has 0 aliphatic heterocycles. The molecule has 2 aliphatic rings. The SMILES string of the molecule is CCCC(CC(=O)O)NC(=O)NCC1CC2CCC1C2. The van der Waals surface area contributed by atoms with Gasteiger partial charge in [0.05, 0.1) is 6.42 Å². The molecule has 0 radical (unpaired) electrons. The van der Waals surface area contributed by atoms with Crippen LogP contribution < -0.4 is 10.6 Å². The number of urea groups is 1. The van der Waals surface area contributed by atoms with Crippen molar-refractivity contribution in [2.24, 2.45) is 17.8 Å². The van der Waals surface area contributed by atoms with Crippen molar-refractivity contribution in [3.63, 3.8) is 0 Å². The summed E-state index contributed by atoms with van der Waals surface area (Å²) in [6.45, 7) is 2.72. The molecular formula is C15H26N2O3. The van der Waals surface area contributed by atoms with Crippen LogP contribution in [0.1, 0.15) is 51.9 Å². The second-order valence-corrected chi connectivity index (χ2v) is 6.37. The van der Waals surface area contributed by atoms with E-state index in [4.69, 9.17) is 5.11 Å². The number of amides is 2. The quantitative estimate of drug-likeness (QED) is 0.670. The van der Waals surface area contributed by atoms with Gasteiger partial charge in [-0.1, -0.05) is 19.8 Å². The van der Waals surface area contributed by atoms with Crippen LogP contribution in [0.25, 0.3) is 0 Å². The predicted octanol–water partition coefficient (Wildman–Crippen LogP) is 2.37. The van der Waals surface area contributed by atoms with E-state index in [1.54, 1.807) is 0 Å². The Morgan fingerprint density at radius 2 is 2.10 bits per heavy atom. The molecule has 114 valence electrons. The molecular weight excluding hydrogens is 256 g/mol. The summed E-state index contributed by atoms with van der Waals surface area (Å²) >= 11 is 0. The number of hydrogen-bond acceptors (Lipinski definition) is 2. The van der Waals surface area contributed by atoms with Crippen LogP contribution in [0.15, 0.2) is 0 Å². The van der Waals surface area contributed by atoms with E-state index in [0.29, 0.717) is 12.3 Å². The van der Waals surface area contributed by atoms with Crippen molar-refractivity contribution in [2.45, 2.75) is 57.9 Å². The highest BCUT2D eigenvalue weighted by atomic mass is 16.4. The van der Waals surface area contributed by atoms with Crippen LogP contribution in [0.2, 0.25) is 0 Å². The molecule has 0 spiro atoms. The zero-order valence-electron chi connectivity index (χ0n) is 12.2. The number of fused-ring (bicyclic) bond motifs is 2. The van der Waals surface area contributed by atoms with Crippen LogP contribution >= 0.6 is 0 Å². The highest BCUT2D eigenvalue weighted by Crippen LogP contribution is 2.47. The van der Waals surface area contributed by atoms with E-state index in [9.17, 15) is 9.59 Å². The summed E-state index contributed by atoms with van der Waals surface area (Å²) in [6, 6.07) is -0.481. The van der Waals surface area contributed by atoms with Gasteiger partial charge in [0.15, 0.2) is 0 Å². The third-order valence-corrected chi connectivity index (χ3v) is 4.80. The average Bonchev–Trinajstić information content (AvgIpc) is 2.98. The molecule has 2 fully saturated rings. The van der Waals surface area contributed by atoms with Gasteiger partial charge >= 0.3 is 12.0 Å². The Labute approximate surface area is 120 Å². The third kappa shape index (κ3) is 4.12. The molecule has 0 aromatic carbocycles. The van der Waals surface area contributed by atoms with E-state index < -0.39 is 5.97 Å². The molecule has 2 rings (SSSR count). The summed E-state index contributed by atoms with van der Waals surface area (Å²) < 4.78 is 0. The fraction of sp³-hybridized carbons (Fsp3) is 0.867. The van der Waals surface area contributed by atoms with Crippen LogP contribution in [-0.2, 0) is 4.79 Å². The van der Waals surface area contributed by atoms with Crippen molar-refractivity contribution in [1.29, 1.82) is 0 Å². The van der Waals surface area contributed by atoms with Crippen LogP contribution in [0, 0.1) is 17.8 Å². The minimum absolute atomic E-state index is 0.00458. The van der Waals surface area contributed by atoms with Gasteiger partial charge in [-0.05, 0) is 43.4 Å². The summed E-state index contributed by atoms with van der Waals surface area (Å²) in [6.07, 6.45) is 6.83. The van der Waals surface area contributed by atoms with Crippen molar-refractivity contribution in [1.82, 2.24) is 10.6 Å². The van der Waals surface area contributed by atoms with E-state index in [0.717, 1.165) is 24.8 Å². The molecule has 2 amide bonds. The van der Waals surface area contributed by atoms with E-state index in [-0.39, 0.29) is 18.5 Å². The van der Waals surface area contributed by atoms with Crippen LogP contribution in [0.4, 0.5) is 4.79 Å². The van der Waals surface area contributed by atoms with Gasteiger partial charge in [-0.25, -0.2) is 4.79 Å². The van der Waals surface area contributed by atoms with Crippen molar-refractivity contribution in [3.8, 4) is 0 Å². The average molecular weight is 282 g/mol. The summed E-state index contributed by atoms with van der Waals surface area (Å²) in [7, 11) is 0. The van der Waals surface area contributed by atoms with Crippen molar-refractivity contribution >= 4 is 12.0 Å². The highest BCUT2D eigenvalue weighted by molar-refractivity contribution is 5.75. The predicted molar refractivity (Wildman–Crippen MR) is 76.4 cm³/mol. The lowest BCUT2D eigenvalue weighted by Crippen LogP contribution is -2.44. The van der Waals surface area contributed by atoms with Crippen LogP contribution in [-0.4, -0.2) is 29.7 Å². The lowest BCUT2D eigenvalue weighted by Gasteiger charge is -2.23. The summed E-state index contributed by atoms with van der Waals surface area (Å²) in [4.78, 5) is 22.6. The first-order valence-corrected chi connectivity index (χ1v) is 7.84. The first-order valence-electron chi connectivity index (χ1n) is 7.84. The first-order chi connectivity index (χ1) is 9.58. The molecule has 5 nitrogen and oxygen atoms in total. The Hall–Kier alpha value is -1.26. The van der Waals surface area contributed by atoms with Crippen molar-refractivity contribution < 1.29 is 14.7 Å². The topological polar surface area (TPSA) is 78.4 Å². The fourth-order valence-corrected chi connectivity index (χ4v) is 3.87. The molecule has 4 atom stereocenters. The van der Waals surface area contributed by atoms with Gasteiger partial charge in [-0.2, -0.15) is 0 Å². The number of carboxylic acid groups (broad SMARTS) is 1. The number of aliphatic carboxylic acids is 1. The number of rotatable bonds is 7. The zero-order chi connectivity index (χ0) is 14.5. The fourth-order valence-electron chi connectivity index (χ4n) is 3.87. The molecule has 0 saturated heterocycles. The summed E-state index contributed by atoms with van der Waals surface area (Å²) in [5, 5.41) is 14.5. The first kappa shape index (κ1) is 15.1. The number of nitrogens with one attached hydrogen (secondary N) is 2. The largest absolute Gasteiger partial charge is 0.481 e. The van der Waals surface area contributed by atoms with Crippen molar-refractivity contribution in [2.75, 3.05) is 6.54 Å². The van der Waals surface area contributed by atoms with Gasteiger partial charge in [0.1, 0.15) is 0 Å². The second kappa shape index (κ2) is 6.95. The van der Waals surface area contributed by atoms with Gasteiger partial charge in [0, 0.05) is 12.6 Å². The van der Waals surface area contributed by atoms with Gasteiger partial charge in [0.25, 0.3) is 0 Å². The number of carboxylic acids is 1. The Morgan fingerprint density at radius 1 is 1.30 bits per heavy atom. The minimum atomic E-state index is -0.864. The molecule has 3 N–H and O–H groups in total. The second-order valence-electron chi connectivity index (χ2n) is 6.37.